The van der Waals surface area contributed by atoms with Gasteiger partial charge in [-0.05, 0) is 18.4 Å². The molecular formula is C21H19N5O2S. The molecule has 0 saturated carbocycles. The zero-order valence-corrected chi connectivity index (χ0v) is 16.4. The van der Waals surface area contributed by atoms with Crippen molar-refractivity contribution in [1.82, 2.24) is 24.3 Å². The fraction of sp³-hybridized carbons (Fsp3) is 0.238. The number of aryl methyl sites for hydroxylation is 1. The van der Waals surface area contributed by atoms with E-state index in [2.05, 4.69) is 27.1 Å². The molecule has 0 radical (unpaired) electrons. The largest absolute Gasteiger partial charge is 0.347 e. The van der Waals surface area contributed by atoms with Gasteiger partial charge in [-0.2, -0.15) is 0 Å². The first-order valence-corrected chi connectivity index (χ1v) is 10.4. The maximum atomic E-state index is 13.2. The van der Waals surface area contributed by atoms with Crippen LogP contribution in [0.3, 0.4) is 0 Å². The summed E-state index contributed by atoms with van der Waals surface area (Å²) < 4.78 is 1.43. The van der Waals surface area contributed by atoms with E-state index in [-0.39, 0.29) is 22.9 Å². The van der Waals surface area contributed by atoms with Crippen LogP contribution in [0.15, 0.2) is 59.2 Å². The number of benzene rings is 1. The summed E-state index contributed by atoms with van der Waals surface area (Å²) in [6, 6.07) is 10.3. The maximum absolute atomic E-state index is 13.2. The van der Waals surface area contributed by atoms with E-state index in [9.17, 15) is 9.59 Å². The van der Waals surface area contributed by atoms with Crippen molar-refractivity contribution >= 4 is 22.2 Å². The second-order valence-electron chi connectivity index (χ2n) is 7.21. The zero-order chi connectivity index (χ0) is 19.8. The lowest BCUT2D eigenvalue weighted by Crippen LogP contribution is -2.41. The molecule has 29 heavy (non-hydrogen) atoms. The van der Waals surface area contributed by atoms with Crippen LogP contribution in [0.25, 0.3) is 4.96 Å². The van der Waals surface area contributed by atoms with Crippen LogP contribution in [-0.4, -0.2) is 36.7 Å². The summed E-state index contributed by atoms with van der Waals surface area (Å²) in [5, 5.41) is 1.79. The maximum Gasteiger partial charge on any atom is 0.271 e. The number of carbonyl (C=O) groups is 1. The summed E-state index contributed by atoms with van der Waals surface area (Å²) in [5.41, 5.74) is 3.00. The predicted molar refractivity (Wildman–Crippen MR) is 110 cm³/mol. The molecule has 1 aliphatic heterocycles. The van der Waals surface area contributed by atoms with Gasteiger partial charge in [0, 0.05) is 30.2 Å². The lowest BCUT2D eigenvalue weighted by molar-refractivity contribution is 0.0709. The zero-order valence-electron chi connectivity index (χ0n) is 15.6. The van der Waals surface area contributed by atoms with E-state index in [1.807, 2.05) is 18.2 Å². The molecule has 7 nitrogen and oxygen atoms in total. The van der Waals surface area contributed by atoms with Crippen LogP contribution in [0.1, 0.15) is 39.6 Å². The quantitative estimate of drug-likeness (QED) is 0.566. The van der Waals surface area contributed by atoms with Gasteiger partial charge in [0.2, 0.25) is 0 Å². The molecule has 1 aliphatic rings. The van der Waals surface area contributed by atoms with Crippen LogP contribution in [0.4, 0.5) is 0 Å². The highest BCUT2D eigenvalue weighted by Crippen LogP contribution is 2.30. The standard InChI is InChI=1S/C21H19N5O2S/c27-19(16-10-22-21-26(20(16)28)8-9-29-21)25-11-15(18-17(12-25)23-13-24-18)7-6-14-4-2-1-3-5-14/h1-5,8-10,13,15H,6-7,11-12H2,(H,23,24). The van der Waals surface area contributed by atoms with Crippen molar-refractivity contribution in [1.29, 1.82) is 0 Å². The van der Waals surface area contributed by atoms with Crippen molar-refractivity contribution in [2.24, 2.45) is 0 Å². The van der Waals surface area contributed by atoms with E-state index in [4.69, 9.17) is 0 Å². The van der Waals surface area contributed by atoms with E-state index in [1.165, 1.54) is 27.5 Å². The van der Waals surface area contributed by atoms with Crippen LogP contribution in [-0.2, 0) is 13.0 Å². The number of carbonyl (C=O) groups excluding carboxylic acids is 1. The number of nitrogens with zero attached hydrogens (tertiary/aromatic N) is 4. The Kier molecular flexibility index (Phi) is 4.48. The number of imidazole rings is 1. The first kappa shape index (κ1) is 17.8. The Hall–Kier alpha value is -3.26. The molecule has 0 aliphatic carbocycles. The van der Waals surface area contributed by atoms with E-state index < -0.39 is 0 Å². The fourth-order valence-corrected chi connectivity index (χ4v) is 4.60. The van der Waals surface area contributed by atoms with Crippen LogP contribution in [0.5, 0.6) is 0 Å². The summed E-state index contributed by atoms with van der Waals surface area (Å²) in [6.45, 7) is 0.955. The summed E-state index contributed by atoms with van der Waals surface area (Å²) in [4.78, 5) is 40.1. The Morgan fingerprint density at radius 1 is 1.24 bits per heavy atom. The third-order valence-electron chi connectivity index (χ3n) is 5.41. The average Bonchev–Trinajstić information content (AvgIpc) is 3.42. The van der Waals surface area contributed by atoms with Gasteiger partial charge >= 0.3 is 0 Å². The van der Waals surface area contributed by atoms with Gasteiger partial charge in [0.25, 0.3) is 11.5 Å². The molecule has 8 heteroatoms. The molecule has 1 amide bonds. The monoisotopic (exact) mass is 405 g/mol. The summed E-state index contributed by atoms with van der Waals surface area (Å²) >= 11 is 1.37. The van der Waals surface area contributed by atoms with E-state index >= 15 is 0 Å². The number of nitrogens with one attached hydrogen (secondary N) is 1. The highest BCUT2D eigenvalue weighted by Gasteiger charge is 2.31. The lowest BCUT2D eigenvalue weighted by atomic mass is 9.91. The molecule has 1 N–H and O–H groups in total. The Labute approximate surface area is 170 Å². The van der Waals surface area contributed by atoms with Crippen LogP contribution >= 0.6 is 11.3 Å². The Morgan fingerprint density at radius 3 is 2.97 bits per heavy atom. The second kappa shape index (κ2) is 7.29. The minimum Gasteiger partial charge on any atom is -0.347 e. The van der Waals surface area contributed by atoms with E-state index in [0.29, 0.717) is 18.1 Å². The van der Waals surface area contributed by atoms with Crippen molar-refractivity contribution in [3.8, 4) is 0 Å². The number of aromatic nitrogens is 4. The topological polar surface area (TPSA) is 83.4 Å². The predicted octanol–water partition coefficient (Wildman–Crippen LogP) is 2.85. The van der Waals surface area contributed by atoms with E-state index in [1.54, 1.807) is 22.8 Å². The summed E-state index contributed by atoms with van der Waals surface area (Å²) in [5.74, 6) is -0.164. The minimum atomic E-state index is -0.322. The van der Waals surface area contributed by atoms with Crippen LogP contribution in [0.2, 0.25) is 0 Å². The van der Waals surface area contributed by atoms with Crippen LogP contribution < -0.4 is 5.56 Å². The number of hydrogen-bond donors (Lipinski definition) is 1. The van der Waals surface area contributed by atoms with Gasteiger partial charge in [0.1, 0.15) is 5.56 Å². The molecule has 146 valence electrons. The number of fused-ring (bicyclic) bond motifs is 2. The Morgan fingerprint density at radius 2 is 2.10 bits per heavy atom. The molecule has 0 bridgehead atoms. The highest BCUT2D eigenvalue weighted by molar-refractivity contribution is 7.15. The van der Waals surface area contributed by atoms with Gasteiger partial charge in [-0.15, -0.1) is 11.3 Å². The molecule has 0 spiro atoms. The van der Waals surface area contributed by atoms with Gasteiger partial charge in [-0.1, -0.05) is 30.3 Å². The molecular weight excluding hydrogens is 386 g/mol. The second-order valence-corrected chi connectivity index (χ2v) is 8.08. The highest BCUT2D eigenvalue weighted by atomic mass is 32.1. The molecule has 0 fully saturated rings. The first-order chi connectivity index (χ1) is 14.2. The van der Waals surface area contributed by atoms with Crippen molar-refractivity contribution in [2.75, 3.05) is 6.54 Å². The normalized spacial score (nSPS) is 16.1. The fourth-order valence-electron chi connectivity index (χ4n) is 3.93. The SMILES string of the molecule is O=C(c1cnc2sccn2c1=O)N1Cc2[nH]cnc2C(CCc2ccccc2)C1. The van der Waals surface area contributed by atoms with Crippen molar-refractivity contribution in [2.45, 2.75) is 25.3 Å². The number of hydrogen-bond acceptors (Lipinski definition) is 5. The third-order valence-corrected chi connectivity index (χ3v) is 6.18. The Bertz CT molecular complexity index is 1230. The molecule has 5 rings (SSSR count). The number of H-pyrrole nitrogens is 1. The number of thiazole rings is 1. The molecule has 4 heterocycles. The summed E-state index contributed by atoms with van der Waals surface area (Å²) in [7, 11) is 0. The van der Waals surface area contributed by atoms with Crippen molar-refractivity contribution in [3.05, 3.63) is 87.3 Å². The van der Waals surface area contributed by atoms with Crippen molar-refractivity contribution < 1.29 is 4.79 Å². The first-order valence-electron chi connectivity index (χ1n) is 9.51. The Balaban J connectivity index is 1.41. The third kappa shape index (κ3) is 3.25. The molecule has 3 aromatic heterocycles. The van der Waals surface area contributed by atoms with E-state index in [0.717, 1.165) is 24.2 Å². The lowest BCUT2D eigenvalue weighted by Gasteiger charge is -2.32. The van der Waals surface area contributed by atoms with Crippen molar-refractivity contribution in [3.63, 3.8) is 0 Å². The summed E-state index contributed by atoms with van der Waals surface area (Å²) in [6.07, 6.45) is 6.52. The van der Waals surface area contributed by atoms with Gasteiger partial charge in [0.15, 0.2) is 4.96 Å². The number of aromatic amines is 1. The van der Waals surface area contributed by atoms with Gasteiger partial charge < -0.3 is 9.88 Å². The minimum absolute atomic E-state index is 0.102. The molecule has 1 unspecified atom stereocenters. The molecule has 1 aromatic carbocycles. The van der Waals surface area contributed by atoms with Gasteiger partial charge in [-0.25, -0.2) is 9.97 Å². The average molecular weight is 405 g/mol. The van der Waals surface area contributed by atoms with Gasteiger partial charge in [-0.3, -0.25) is 14.0 Å². The van der Waals surface area contributed by atoms with Crippen LogP contribution in [0, 0.1) is 0 Å². The molecule has 0 saturated heterocycles. The molecule has 4 aromatic rings. The number of rotatable bonds is 4. The molecule has 1 atom stereocenters. The smallest absolute Gasteiger partial charge is 0.271 e. The number of amides is 1. The van der Waals surface area contributed by atoms with Gasteiger partial charge in [0.05, 0.1) is 24.3 Å².